The van der Waals surface area contributed by atoms with E-state index >= 15 is 0 Å². The summed E-state index contributed by atoms with van der Waals surface area (Å²) in [6.45, 7) is 5.68. The van der Waals surface area contributed by atoms with Crippen molar-refractivity contribution in [3.63, 3.8) is 0 Å². The summed E-state index contributed by atoms with van der Waals surface area (Å²) in [7, 11) is -3.10. The largest absolute Gasteiger partial charge is 0.322 e. The highest BCUT2D eigenvalue weighted by Crippen LogP contribution is 2.28. The normalized spacial score (nSPS) is 20.9. The molecule has 0 spiro atoms. The zero-order valence-electron chi connectivity index (χ0n) is 15.6. The quantitative estimate of drug-likeness (QED) is 0.785. The van der Waals surface area contributed by atoms with Gasteiger partial charge in [-0.25, -0.2) is 13.2 Å². The number of anilines is 1. The SMILES string of the molecule is CCN(C(=O)Nc1ccc2c(c1)C(=O)N(C(C)C)C2=O)C1CCS(=O)(=O)C1. The highest BCUT2D eigenvalue weighted by Gasteiger charge is 2.38. The number of urea groups is 1. The molecule has 1 atom stereocenters. The number of sulfone groups is 1. The minimum absolute atomic E-state index is 0.0330. The van der Waals surface area contributed by atoms with Gasteiger partial charge in [-0.05, 0) is 45.4 Å². The standard InChI is InChI=1S/C18H23N3O5S/c1-4-20(13-7-8-27(25,26)10-13)18(24)19-12-5-6-14-15(9-12)17(23)21(11(2)3)16(14)22/h5-6,9,11,13H,4,7-8,10H2,1-3H3,(H,19,24). The van der Waals surface area contributed by atoms with Crippen molar-refractivity contribution in [2.45, 2.75) is 39.3 Å². The van der Waals surface area contributed by atoms with Crippen LogP contribution in [0.3, 0.4) is 0 Å². The lowest BCUT2D eigenvalue weighted by atomic mass is 10.1. The number of benzene rings is 1. The Morgan fingerprint density at radius 2 is 1.93 bits per heavy atom. The van der Waals surface area contributed by atoms with Crippen molar-refractivity contribution in [3.05, 3.63) is 29.3 Å². The fraction of sp³-hybridized carbons (Fsp3) is 0.500. The Bertz CT molecular complexity index is 910. The molecule has 9 heteroatoms. The van der Waals surface area contributed by atoms with Crippen molar-refractivity contribution in [2.75, 3.05) is 23.4 Å². The smallest absolute Gasteiger partial charge is 0.321 e. The average molecular weight is 393 g/mol. The highest BCUT2D eigenvalue weighted by molar-refractivity contribution is 7.91. The number of hydrogen-bond donors (Lipinski definition) is 1. The minimum atomic E-state index is -3.10. The fourth-order valence-corrected chi connectivity index (χ4v) is 5.32. The van der Waals surface area contributed by atoms with Crippen LogP contribution in [0.2, 0.25) is 0 Å². The first-order valence-corrected chi connectivity index (χ1v) is 10.8. The van der Waals surface area contributed by atoms with Crippen molar-refractivity contribution in [1.82, 2.24) is 9.80 Å². The molecule has 146 valence electrons. The summed E-state index contributed by atoms with van der Waals surface area (Å²) in [5.74, 6) is -0.666. The van der Waals surface area contributed by atoms with Gasteiger partial charge in [-0.15, -0.1) is 0 Å². The van der Waals surface area contributed by atoms with Gasteiger partial charge in [0.1, 0.15) is 0 Å². The fourth-order valence-electron chi connectivity index (χ4n) is 3.59. The van der Waals surface area contributed by atoms with Gasteiger partial charge in [0, 0.05) is 24.3 Å². The molecular formula is C18H23N3O5S. The number of imide groups is 1. The molecule has 8 nitrogen and oxygen atoms in total. The van der Waals surface area contributed by atoms with Crippen LogP contribution >= 0.6 is 0 Å². The van der Waals surface area contributed by atoms with Gasteiger partial charge < -0.3 is 10.2 Å². The monoisotopic (exact) mass is 393 g/mol. The first kappa shape index (κ1) is 19.3. The first-order valence-electron chi connectivity index (χ1n) is 8.94. The lowest BCUT2D eigenvalue weighted by molar-refractivity contribution is 0.0609. The van der Waals surface area contributed by atoms with Gasteiger partial charge in [0.05, 0.1) is 22.6 Å². The zero-order chi connectivity index (χ0) is 19.9. The molecule has 1 aromatic rings. The van der Waals surface area contributed by atoms with Crippen molar-refractivity contribution >= 4 is 33.4 Å². The topological polar surface area (TPSA) is 104 Å². The van der Waals surface area contributed by atoms with Crippen molar-refractivity contribution in [3.8, 4) is 0 Å². The van der Waals surface area contributed by atoms with Gasteiger partial charge in [-0.2, -0.15) is 0 Å². The van der Waals surface area contributed by atoms with Crippen molar-refractivity contribution in [1.29, 1.82) is 0 Å². The zero-order valence-corrected chi connectivity index (χ0v) is 16.4. The van der Waals surface area contributed by atoms with E-state index in [9.17, 15) is 22.8 Å². The molecule has 1 unspecified atom stereocenters. The predicted molar refractivity (Wildman–Crippen MR) is 101 cm³/mol. The molecule has 1 saturated heterocycles. The molecule has 0 aliphatic carbocycles. The van der Waals surface area contributed by atoms with Crippen LogP contribution in [0.25, 0.3) is 0 Å². The van der Waals surface area contributed by atoms with Gasteiger partial charge in [0.2, 0.25) is 0 Å². The predicted octanol–water partition coefficient (Wildman–Crippen LogP) is 1.73. The van der Waals surface area contributed by atoms with Crippen LogP contribution < -0.4 is 5.32 Å². The second kappa shape index (κ2) is 6.95. The summed E-state index contributed by atoms with van der Waals surface area (Å²) in [6.07, 6.45) is 0.421. The van der Waals surface area contributed by atoms with Crippen LogP contribution in [0.1, 0.15) is 47.9 Å². The third kappa shape index (κ3) is 3.55. The van der Waals surface area contributed by atoms with E-state index in [0.717, 1.165) is 0 Å². The number of nitrogens with zero attached hydrogens (tertiary/aromatic N) is 2. The number of carbonyl (C=O) groups is 3. The second-order valence-electron chi connectivity index (χ2n) is 7.11. The van der Waals surface area contributed by atoms with Crippen LogP contribution in [0.4, 0.5) is 10.5 Å². The number of nitrogens with one attached hydrogen (secondary N) is 1. The molecule has 0 saturated carbocycles. The van der Waals surface area contributed by atoms with Crippen LogP contribution in [0.15, 0.2) is 18.2 Å². The molecule has 1 aromatic carbocycles. The Kier molecular flexibility index (Phi) is 4.98. The van der Waals surface area contributed by atoms with E-state index in [4.69, 9.17) is 0 Å². The summed E-state index contributed by atoms with van der Waals surface area (Å²) in [6, 6.07) is 3.57. The molecule has 0 radical (unpaired) electrons. The average Bonchev–Trinajstić information content (AvgIpc) is 3.05. The second-order valence-corrected chi connectivity index (χ2v) is 9.34. The summed E-state index contributed by atoms with van der Waals surface area (Å²) in [5, 5.41) is 2.72. The number of carbonyl (C=O) groups excluding carboxylic acids is 3. The summed E-state index contributed by atoms with van der Waals surface area (Å²) in [4.78, 5) is 40.1. The van der Waals surface area contributed by atoms with Crippen LogP contribution in [-0.2, 0) is 9.84 Å². The maximum Gasteiger partial charge on any atom is 0.322 e. The maximum absolute atomic E-state index is 12.6. The molecule has 1 N–H and O–H groups in total. The lowest BCUT2D eigenvalue weighted by Gasteiger charge is -2.27. The van der Waals surface area contributed by atoms with Crippen molar-refractivity contribution in [2.24, 2.45) is 0 Å². The van der Waals surface area contributed by atoms with E-state index in [0.29, 0.717) is 24.2 Å². The number of fused-ring (bicyclic) bond motifs is 1. The first-order chi connectivity index (χ1) is 12.6. The maximum atomic E-state index is 12.6. The summed E-state index contributed by atoms with van der Waals surface area (Å²) < 4.78 is 23.4. The third-order valence-corrected chi connectivity index (χ3v) is 6.69. The van der Waals surface area contributed by atoms with E-state index in [-0.39, 0.29) is 41.0 Å². The molecule has 2 aliphatic heterocycles. The van der Waals surface area contributed by atoms with E-state index in [1.807, 2.05) is 0 Å². The number of amides is 4. The molecule has 2 heterocycles. The van der Waals surface area contributed by atoms with E-state index in [1.54, 1.807) is 26.8 Å². The minimum Gasteiger partial charge on any atom is -0.321 e. The van der Waals surface area contributed by atoms with Gasteiger partial charge in [-0.3, -0.25) is 14.5 Å². The molecule has 27 heavy (non-hydrogen) atoms. The number of hydrogen-bond acceptors (Lipinski definition) is 5. The van der Waals surface area contributed by atoms with E-state index < -0.39 is 15.9 Å². The van der Waals surface area contributed by atoms with Gasteiger partial charge >= 0.3 is 6.03 Å². The molecule has 4 amide bonds. The number of rotatable bonds is 4. The molecular weight excluding hydrogens is 370 g/mol. The molecule has 0 bridgehead atoms. The van der Waals surface area contributed by atoms with E-state index in [1.165, 1.54) is 21.9 Å². The van der Waals surface area contributed by atoms with Crippen LogP contribution in [0.5, 0.6) is 0 Å². The van der Waals surface area contributed by atoms with Gasteiger partial charge in [-0.1, -0.05) is 0 Å². The Morgan fingerprint density at radius 1 is 1.26 bits per heavy atom. The highest BCUT2D eigenvalue weighted by atomic mass is 32.2. The Hall–Kier alpha value is -2.42. The Morgan fingerprint density at radius 3 is 2.48 bits per heavy atom. The Labute approximate surface area is 158 Å². The van der Waals surface area contributed by atoms with Crippen molar-refractivity contribution < 1.29 is 22.8 Å². The summed E-state index contributed by atoms with van der Waals surface area (Å²) >= 11 is 0. The lowest BCUT2D eigenvalue weighted by Crippen LogP contribution is -2.43. The Balaban J connectivity index is 1.78. The molecule has 0 aromatic heterocycles. The third-order valence-electron chi connectivity index (χ3n) is 4.94. The summed E-state index contributed by atoms with van der Waals surface area (Å²) in [5.41, 5.74) is 0.976. The molecule has 3 rings (SSSR count). The van der Waals surface area contributed by atoms with Crippen LogP contribution in [0, 0.1) is 0 Å². The molecule has 2 aliphatic rings. The van der Waals surface area contributed by atoms with Gasteiger partial charge in [0.25, 0.3) is 11.8 Å². The van der Waals surface area contributed by atoms with E-state index in [2.05, 4.69) is 5.32 Å². The molecule has 1 fully saturated rings. The van der Waals surface area contributed by atoms with Gasteiger partial charge in [0.15, 0.2) is 9.84 Å². The van der Waals surface area contributed by atoms with Crippen LogP contribution in [-0.4, -0.2) is 66.2 Å².